The molecule has 0 aliphatic carbocycles. The molecule has 1 aromatic carbocycles. The van der Waals surface area contributed by atoms with E-state index < -0.39 is 23.3 Å². The van der Waals surface area contributed by atoms with Crippen molar-refractivity contribution >= 4 is 11.6 Å². The molecule has 0 radical (unpaired) electrons. The van der Waals surface area contributed by atoms with Crippen LogP contribution in [0.4, 0.5) is 18.9 Å². The Morgan fingerprint density at radius 1 is 1.35 bits per heavy atom. The van der Waals surface area contributed by atoms with Gasteiger partial charge in [0.15, 0.2) is 0 Å². The summed E-state index contributed by atoms with van der Waals surface area (Å²) in [6, 6.07) is 3.11. The number of nitrogen functional groups attached to an aromatic ring is 1. The fourth-order valence-electron chi connectivity index (χ4n) is 1.35. The molecule has 3 N–H and O–H groups in total. The highest BCUT2D eigenvalue weighted by Gasteiger charge is 2.34. The molecule has 0 saturated carbocycles. The molecule has 1 rings (SSSR count). The first-order valence-corrected chi connectivity index (χ1v) is 5.00. The second-order valence-corrected chi connectivity index (χ2v) is 3.89. The molecule has 0 fully saturated rings. The van der Waals surface area contributed by atoms with Crippen LogP contribution in [-0.4, -0.2) is 11.9 Å². The number of halogens is 3. The van der Waals surface area contributed by atoms with Crippen molar-refractivity contribution in [2.45, 2.75) is 26.1 Å². The summed E-state index contributed by atoms with van der Waals surface area (Å²) >= 11 is 0. The lowest BCUT2D eigenvalue weighted by atomic mass is 10.1. The van der Waals surface area contributed by atoms with Gasteiger partial charge in [-0.2, -0.15) is 13.2 Å². The molecule has 0 atom stereocenters. The van der Waals surface area contributed by atoms with Crippen LogP contribution in [0.25, 0.3) is 0 Å². The van der Waals surface area contributed by atoms with E-state index in [9.17, 15) is 18.0 Å². The van der Waals surface area contributed by atoms with Crippen molar-refractivity contribution < 1.29 is 18.0 Å². The van der Waals surface area contributed by atoms with Crippen molar-refractivity contribution in [2.24, 2.45) is 0 Å². The zero-order valence-corrected chi connectivity index (χ0v) is 9.43. The molecule has 3 nitrogen and oxygen atoms in total. The summed E-state index contributed by atoms with van der Waals surface area (Å²) < 4.78 is 37.6. The third-order valence-electron chi connectivity index (χ3n) is 2.08. The number of nitrogens with one attached hydrogen (secondary N) is 1. The van der Waals surface area contributed by atoms with Gasteiger partial charge in [0.2, 0.25) is 0 Å². The summed E-state index contributed by atoms with van der Waals surface area (Å²) in [5, 5.41) is 2.49. The lowest BCUT2D eigenvalue weighted by Crippen LogP contribution is -2.31. The van der Waals surface area contributed by atoms with E-state index in [-0.39, 0.29) is 11.6 Å². The van der Waals surface area contributed by atoms with Crippen molar-refractivity contribution in [3.8, 4) is 0 Å². The van der Waals surface area contributed by atoms with Crippen LogP contribution in [0.15, 0.2) is 18.2 Å². The highest BCUT2D eigenvalue weighted by molar-refractivity contribution is 5.99. The Morgan fingerprint density at radius 3 is 2.41 bits per heavy atom. The largest absolute Gasteiger partial charge is 0.418 e. The van der Waals surface area contributed by atoms with E-state index in [1.54, 1.807) is 13.8 Å². The summed E-state index contributed by atoms with van der Waals surface area (Å²) in [5.41, 5.74) is 3.67. The fraction of sp³-hybridized carbons (Fsp3) is 0.364. The molecule has 94 valence electrons. The van der Waals surface area contributed by atoms with Gasteiger partial charge in [-0.25, -0.2) is 0 Å². The minimum atomic E-state index is -4.56. The molecule has 1 amide bonds. The maximum Gasteiger partial charge on any atom is 0.418 e. The molecule has 1 aromatic rings. The average molecular weight is 246 g/mol. The average Bonchev–Trinajstić information content (AvgIpc) is 2.14. The van der Waals surface area contributed by atoms with Crippen molar-refractivity contribution in [3.63, 3.8) is 0 Å². The number of benzene rings is 1. The van der Waals surface area contributed by atoms with Gasteiger partial charge >= 0.3 is 6.18 Å². The molecule has 0 unspecified atom stereocenters. The third-order valence-corrected chi connectivity index (χ3v) is 2.08. The number of amides is 1. The fourth-order valence-corrected chi connectivity index (χ4v) is 1.35. The number of hydrogen-bond acceptors (Lipinski definition) is 2. The summed E-state index contributed by atoms with van der Waals surface area (Å²) in [6.45, 7) is 3.42. The topological polar surface area (TPSA) is 55.1 Å². The number of anilines is 1. The van der Waals surface area contributed by atoms with E-state index in [0.29, 0.717) is 0 Å². The monoisotopic (exact) mass is 246 g/mol. The van der Waals surface area contributed by atoms with Gasteiger partial charge in [0.05, 0.1) is 16.8 Å². The first kappa shape index (κ1) is 13.3. The van der Waals surface area contributed by atoms with Gasteiger partial charge in [-0.05, 0) is 26.0 Å². The molecular formula is C11H13F3N2O. The van der Waals surface area contributed by atoms with E-state index in [1.165, 1.54) is 6.07 Å². The van der Waals surface area contributed by atoms with E-state index >= 15 is 0 Å². The van der Waals surface area contributed by atoms with E-state index in [4.69, 9.17) is 5.73 Å². The molecule has 0 aliphatic heterocycles. The highest BCUT2D eigenvalue weighted by Crippen LogP contribution is 2.34. The Labute approximate surface area is 96.8 Å². The zero-order valence-electron chi connectivity index (χ0n) is 9.43. The van der Waals surface area contributed by atoms with Crippen LogP contribution in [0.5, 0.6) is 0 Å². The van der Waals surface area contributed by atoms with Crippen LogP contribution in [0.3, 0.4) is 0 Å². The SMILES string of the molecule is CC(C)NC(=O)c1cccc(C(F)(F)F)c1N. The maximum atomic E-state index is 12.5. The Bertz CT molecular complexity index is 427. The Hall–Kier alpha value is -1.72. The second-order valence-electron chi connectivity index (χ2n) is 3.89. The standard InChI is InChI=1S/C11H13F3N2O/c1-6(2)16-10(17)7-4-3-5-8(9(7)15)11(12,13)14/h3-6H,15H2,1-2H3,(H,16,17). The van der Waals surface area contributed by atoms with E-state index in [0.717, 1.165) is 12.1 Å². The Balaban J connectivity index is 3.15. The van der Waals surface area contributed by atoms with Gasteiger partial charge in [0, 0.05) is 6.04 Å². The number of carbonyl (C=O) groups excluding carboxylic acids is 1. The minimum Gasteiger partial charge on any atom is -0.398 e. The number of nitrogens with two attached hydrogens (primary N) is 1. The number of para-hydroxylation sites is 1. The summed E-state index contributed by atoms with van der Waals surface area (Å²) in [6.07, 6.45) is -4.56. The van der Waals surface area contributed by atoms with Crippen LogP contribution >= 0.6 is 0 Å². The predicted molar refractivity (Wildman–Crippen MR) is 58.5 cm³/mol. The molecule has 0 bridgehead atoms. The first-order valence-electron chi connectivity index (χ1n) is 5.00. The van der Waals surface area contributed by atoms with Crippen LogP contribution in [0.1, 0.15) is 29.8 Å². The van der Waals surface area contributed by atoms with Crippen molar-refractivity contribution in [1.82, 2.24) is 5.32 Å². The first-order chi connectivity index (χ1) is 7.73. The van der Waals surface area contributed by atoms with Gasteiger partial charge in [-0.1, -0.05) is 6.07 Å². The lowest BCUT2D eigenvalue weighted by Gasteiger charge is -2.14. The zero-order chi connectivity index (χ0) is 13.2. The number of hydrogen-bond donors (Lipinski definition) is 2. The van der Waals surface area contributed by atoms with Gasteiger partial charge in [0.25, 0.3) is 5.91 Å². The van der Waals surface area contributed by atoms with Gasteiger partial charge in [-0.15, -0.1) is 0 Å². The molecule has 0 aromatic heterocycles. The van der Waals surface area contributed by atoms with Crippen molar-refractivity contribution in [1.29, 1.82) is 0 Å². The quantitative estimate of drug-likeness (QED) is 0.787. The molecule has 0 heterocycles. The van der Waals surface area contributed by atoms with Crippen molar-refractivity contribution in [3.05, 3.63) is 29.3 Å². The Kier molecular flexibility index (Phi) is 3.65. The van der Waals surface area contributed by atoms with Crippen LogP contribution < -0.4 is 11.1 Å². The number of rotatable bonds is 2. The number of alkyl halides is 3. The van der Waals surface area contributed by atoms with Gasteiger partial charge in [-0.3, -0.25) is 4.79 Å². The lowest BCUT2D eigenvalue weighted by molar-refractivity contribution is -0.136. The summed E-state index contributed by atoms with van der Waals surface area (Å²) in [4.78, 5) is 11.6. The summed E-state index contributed by atoms with van der Waals surface area (Å²) in [5.74, 6) is -0.608. The van der Waals surface area contributed by atoms with Crippen LogP contribution in [-0.2, 0) is 6.18 Å². The third kappa shape index (κ3) is 3.12. The molecular weight excluding hydrogens is 233 g/mol. The molecule has 17 heavy (non-hydrogen) atoms. The van der Waals surface area contributed by atoms with Crippen molar-refractivity contribution in [2.75, 3.05) is 5.73 Å². The molecule has 0 saturated heterocycles. The van der Waals surface area contributed by atoms with Gasteiger partial charge in [0.1, 0.15) is 0 Å². The van der Waals surface area contributed by atoms with Crippen LogP contribution in [0, 0.1) is 0 Å². The molecule has 6 heteroatoms. The predicted octanol–water partition coefficient (Wildman–Crippen LogP) is 2.43. The smallest absolute Gasteiger partial charge is 0.398 e. The molecule has 0 aliphatic rings. The minimum absolute atomic E-state index is 0.159. The van der Waals surface area contributed by atoms with E-state index in [1.807, 2.05) is 0 Å². The maximum absolute atomic E-state index is 12.5. The highest BCUT2D eigenvalue weighted by atomic mass is 19.4. The van der Waals surface area contributed by atoms with Gasteiger partial charge < -0.3 is 11.1 Å². The second kappa shape index (κ2) is 4.65. The number of carbonyl (C=O) groups is 1. The molecule has 0 spiro atoms. The summed E-state index contributed by atoms with van der Waals surface area (Å²) in [7, 11) is 0. The van der Waals surface area contributed by atoms with E-state index in [2.05, 4.69) is 5.32 Å². The van der Waals surface area contributed by atoms with Crippen LogP contribution in [0.2, 0.25) is 0 Å². The Morgan fingerprint density at radius 2 is 1.94 bits per heavy atom. The normalized spacial score (nSPS) is 11.6.